The molecule has 0 spiro atoms. The van der Waals surface area contributed by atoms with Crippen LogP contribution in [0.3, 0.4) is 0 Å². The highest BCUT2D eigenvalue weighted by atomic mass is 35.5. The van der Waals surface area contributed by atoms with Crippen molar-refractivity contribution in [3.63, 3.8) is 0 Å². The summed E-state index contributed by atoms with van der Waals surface area (Å²) in [5.74, 6) is 0.486. The third kappa shape index (κ3) is 1.81. The molecule has 4 nitrogen and oxygen atoms in total. The molecule has 2 aromatic heterocycles. The quantitative estimate of drug-likeness (QED) is 0.748. The lowest BCUT2D eigenvalue weighted by Crippen LogP contribution is -2.06. The average molecular weight is 275 g/mol. The first-order valence-corrected chi connectivity index (χ1v) is 6.96. The van der Waals surface area contributed by atoms with E-state index < -0.39 is 0 Å². The Hall–Kier alpha value is -1.60. The van der Waals surface area contributed by atoms with Gasteiger partial charge in [-0.2, -0.15) is 10.4 Å². The van der Waals surface area contributed by atoms with Crippen LogP contribution in [0.1, 0.15) is 54.1 Å². The van der Waals surface area contributed by atoms with E-state index in [9.17, 15) is 5.26 Å². The molecule has 0 aromatic carbocycles. The normalized spacial score (nSPS) is 16.1. The standard InChI is InChI=1S/C14H15ClN4/c1-8-11(7-16)14-17-9(2)12(10-5-3-4-6-10)13(15)19(14)18-8/h10H,3-6H2,1-2H3. The maximum absolute atomic E-state index is 9.18. The molecule has 2 aromatic rings. The maximum atomic E-state index is 9.18. The Kier molecular flexibility index (Phi) is 2.94. The van der Waals surface area contributed by atoms with Crippen LogP contribution in [0, 0.1) is 25.2 Å². The summed E-state index contributed by atoms with van der Waals surface area (Å²) < 4.78 is 1.62. The van der Waals surface area contributed by atoms with E-state index in [1.54, 1.807) is 4.52 Å². The number of aromatic nitrogens is 3. The Balaban J connectivity index is 2.28. The summed E-state index contributed by atoms with van der Waals surface area (Å²) in [6, 6.07) is 2.16. The van der Waals surface area contributed by atoms with E-state index in [0.29, 0.717) is 28.0 Å². The minimum absolute atomic E-state index is 0.486. The van der Waals surface area contributed by atoms with Gasteiger partial charge in [0.15, 0.2) is 5.65 Å². The molecule has 0 N–H and O–H groups in total. The Morgan fingerprint density at radius 1 is 1.26 bits per heavy atom. The van der Waals surface area contributed by atoms with Crippen LogP contribution in [0.4, 0.5) is 0 Å². The molecular formula is C14H15ClN4. The van der Waals surface area contributed by atoms with Crippen LogP contribution >= 0.6 is 11.6 Å². The Morgan fingerprint density at radius 3 is 2.58 bits per heavy atom. The highest BCUT2D eigenvalue weighted by Gasteiger charge is 2.25. The van der Waals surface area contributed by atoms with Crippen LogP contribution in [0.15, 0.2) is 0 Å². The van der Waals surface area contributed by atoms with Gasteiger partial charge in [0.1, 0.15) is 16.8 Å². The average Bonchev–Trinajstić information content (AvgIpc) is 2.97. The van der Waals surface area contributed by atoms with Crippen LogP contribution in [0.2, 0.25) is 5.15 Å². The van der Waals surface area contributed by atoms with Gasteiger partial charge in [-0.3, -0.25) is 0 Å². The van der Waals surface area contributed by atoms with E-state index in [-0.39, 0.29) is 0 Å². The molecule has 1 aliphatic carbocycles. The lowest BCUT2D eigenvalue weighted by atomic mass is 9.98. The summed E-state index contributed by atoms with van der Waals surface area (Å²) in [5.41, 5.74) is 3.81. The van der Waals surface area contributed by atoms with Crippen LogP contribution in [-0.4, -0.2) is 14.6 Å². The number of hydrogen-bond acceptors (Lipinski definition) is 3. The van der Waals surface area contributed by atoms with Crippen LogP contribution in [-0.2, 0) is 0 Å². The molecule has 98 valence electrons. The second-order valence-corrected chi connectivity index (χ2v) is 5.55. The number of hydrogen-bond donors (Lipinski definition) is 0. The number of rotatable bonds is 1. The first-order chi connectivity index (χ1) is 9.13. The van der Waals surface area contributed by atoms with Gasteiger partial charge in [0.25, 0.3) is 0 Å². The summed E-state index contributed by atoms with van der Waals surface area (Å²) in [5, 5.41) is 14.2. The monoisotopic (exact) mass is 274 g/mol. The van der Waals surface area contributed by atoms with Gasteiger partial charge in [0, 0.05) is 11.3 Å². The summed E-state index contributed by atoms with van der Waals surface area (Å²) >= 11 is 6.52. The molecule has 0 amide bonds. The van der Waals surface area contributed by atoms with Gasteiger partial charge < -0.3 is 0 Å². The summed E-state index contributed by atoms with van der Waals surface area (Å²) in [6.07, 6.45) is 4.83. The lowest BCUT2D eigenvalue weighted by Gasteiger charge is -2.15. The third-order valence-corrected chi connectivity index (χ3v) is 4.35. The summed E-state index contributed by atoms with van der Waals surface area (Å²) in [4.78, 5) is 4.57. The van der Waals surface area contributed by atoms with Gasteiger partial charge in [-0.1, -0.05) is 24.4 Å². The molecule has 1 fully saturated rings. The second kappa shape index (κ2) is 4.50. The minimum atomic E-state index is 0.486. The topological polar surface area (TPSA) is 54.0 Å². The predicted molar refractivity (Wildman–Crippen MR) is 73.4 cm³/mol. The minimum Gasteiger partial charge on any atom is -0.232 e. The first-order valence-electron chi connectivity index (χ1n) is 6.59. The zero-order chi connectivity index (χ0) is 13.6. The van der Waals surface area contributed by atoms with Crippen LogP contribution < -0.4 is 0 Å². The second-order valence-electron chi connectivity index (χ2n) is 5.19. The van der Waals surface area contributed by atoms with Gasteiger partial charge in [0.2, 0.25) is 0 Å². The van der Waals surface area contributed by atoms with Crippen molar-refractivity contribution in [3.8, 4) is 6.07 Å². The van der Waals surface area contributed by atoms with Gasteiger partial charge in [0.05, 0.1) is 5.69 Å². The molecule has 0 radical (unpaired) electrons. The van der Waals surface area contributed by atoms with E-state index in [1.165, 1.54) is 25.7 Å². The van der Waals surface area contributed by atoms with Crippen molar-refractivity contribution in [2.45, 2.75) is 45.4 Å². The van der Waals surface area contributed by atoms with Crippen molar-refractivity contribution in [2.75, 3.05) is 0 Å². The Bertz CT molecular complexity index is 690. The molecule has 0 saturated heterocycles. The van der Waals surface area contributed by atoms with Gasteiger partial charge in [-0.25, -0.2) is 9.50 Å². The highest BCUT2D eigenvalue weighted by molar-refractivity contribution is 6.30. The Labute approximate surface area is 117 Å². The fraction of sp³-hybridized carbons (Fsp3) is 0.500. The van der Waals surface area contributed by atoms with E-state index in [4.69, 9.17) is 11.6 Å². The van der Waals surface area contributed by atoms with Crippen molar-refractivity contribution in [3.05, 3.63) is 27.7 Å². The molecule has 0 aliphatic heterocycles. The van der Waals surface area contributed by atoms with Crippen molar-refractivity contribution < 1.29 is 0 Å². The number of fused-ring (bicyclic) bond motifs is 1. The fourth-order valence-corrected chi connectivity index (χ4v) is 3.46. The summed E-state index contributed by atoms with van der Waals surface area (Å²) in [7, 11) is 0. The van der Waals surface area contributed by atoms with E-state index in [1.807, 2.05) is 13.8 Å². The zero-order valence-corrected chi connectivity index (χ0v) is 11.8. The molecule has 0 atom stereocenters. The molecule has 19 heavy (non-hydrogen) atoms. The first kappa shape index (κ1) is 12.4. The largest absolute Gasteiger partial charge is 0.232 e. The highest BCUT2D eigenvalue weighted by Crippen LogP contribution is 2.39. The van der Waals surface area contributed by atoms with E-state index >= 15 is 0 Å². The molecule has 2 heterocycles. The Morgan fingerprint density at radius 2 is 1.95 bits per heavy atom. The number of nitriles is 1. The van der Waals surface area contributed by atoms with Crippen LogP contribution in [0.25, 0.3) is 5.65 Å². The zero-order valence-electron chi connectivity index (χ0n) is 11.1. The van der Waals surface area contributed by atoms with Gasteiger partial charge in [-0.05, 0) is 32.6 Å². The van der Waals surface area contributed by atoms with E-state index in [2.05, 4.69) is 16.2 Å². The van der Waals surface area contributed by atoms with Gasteiger partial charge in [-0.15, -0.1) is 0 Å². The molecular weight excluding hydrogens is 260 g/mol. The van der Waals surface area contributed by atoms with Crippen LogP contribution in [0.5, 0.6) is 0 Å². The van der Waals surface area contributed by atoms with Crippen molar-refractivity contribution in [1.82, 2.24) is 14.6 Å². The fourth-order valence-electron chi connectivity index (χ4n) is 3.05. The molecule has 5 heteroatoms. The molecule has 0 unspecified atom stereocenters. The van der Waals surface area contributed by atoms with Crippen molar-refractivity contribution in [2.24, 2.45) is 0 Å². The summed E-state index contributed by atoms with van der Waals surface area (Å²) in [6.45, 7) is 3.79. The SMILES string of the molecule is Cc1nc2c(C#N)c(C)nn2c(Cl)c1C1CCCC1. The molecule has 1 aliphatic rings. The lowest BCUT2D eigenvalue weighted by molar-refractivity contribution is 0.699. The number of halogens is 1. The number of aryl methyl sites for hydroxylation is 2. The van der Waals surface area contributed by atoms with Crippen molar-refractivity contribution in [1.29, 1.82) is 5.26 Å². The van der Waals surface area contributed by atoms with Gasteiger partial charge >= 0.3 is 0 Å². The predicted octanol–water partition coefficient (Wildman–Crippen LogP) is 3.53. The van der Waals surface area contributed by atoms with Crippen molar-refractivity contribution >= 4 is 17.2 Å². The maximum Gasteiger partial charge on any atom is 0.175 e. The van der Waals surface area contributed by atoms with E-state index in [0.717, 1.165) is 11.3 Å². The molecule has 3 rings (SSSR count). The number of nitrogens with zero attached hydrogens (tertiary/aromatic N) is 4. The third-order valence-electron chi connectivity index (χ3n) is 3.98. The smallest absolute Gasteiger partial charge is 0.175 e. The molecule has 0 bridgehead atoms. The molecule has 1 saturated carbocycles.